The molecule has 0 saturated carbocycles. The number of ether oxygens (including phenoxy) is 2. The van der Waals surface area contributed by atoms with Gasteiger partial charge in [-0.1, -0.05) is 0 Å². The maximum absolute atomic E-state index is 12.6. The number of methoxy groups -OCH3 is 1. The molecule has 0 aliphatic rings. The molecule has 0 radical (unpaired) electrons. The number of nitro benzene ring substituents is 1. The molecule has 0 spiro atoms. The highest BCUT2D eigenvalue weighted by molar-refractivity contribution is 14.1. The monoisotopic (exact) mass is 456 g/mol. The van der Waals surface area contributed by atoms with Gasteiger partial charge in [0, 0.05) is 15.3 Å². The van der Waals surface area contributed by atoms with Gasteiger partial charge in [-0.25, -0.2) is 0 Å². The van der Waals surface area contributed by atoms with Gasteiger partial charge in [0.25, 0.3) is 11.6 Å². The van der Waals surface area contributed by atoms with Crippen molar-refractivity contribution in [3.05, 3.63) is 55.1 Å². The Labute approximate surface area is 158 Å². The van der Waals surface area contributed by atoms with Gasteiger partial charge in [0.1, 0.15) is 5.56 Å². The van der Waals surface area contributed by atoms with E-state index in [9.17, 15) is 14.9 Å². The van der Waals surface area contributed by atoms with Crippen molar-refractivity contribution in [1.82, 2.24) is 0 Å². The van der Waals surface area contributed by atoms with E-state index in [4.69, 9.17) is 9.47 Å². The van der Waals surface area contributed by atoms with Crippen molar-refractivity contribution >= 4 is 39.9 Å². The van der Waals surface area contributed by atoms with Crippen LogP contribution in [0.25, 0.3) is 0 Å². The summed E-state index contributed by atoms with van der Waals surface area (Å²) in [5.41, 5.74) is 1.02. The molecule has 1 amide bonds. The molecule has 0 atom stereocenters. The summed E-state index contributed by atoms with van der Waals surface area (Å²) in [4.78, 5) is 23.4. The number of nitrogens with one attached hydrogen (secondary N) is 1. The van der Waals surface area contributed by atoms with Crippen molar-refractivity contribution in [3.8, 4) is 11.5 Å². The van der Waals surface area contributed by atoms with Crippen molar-refractivity contribution in [2.45, 2.75) is 13.8 Å². The van der Waals surface area contributed by atoms with Crippen molar-refractivity contribution < 1.29 is 19.2 Å². The lowest BCUT2D eigenvalue weighted by molar-refractivity contribution is -0.385. The number of halogens is 1. The summed E-state index contributed by atoms with van der Waals surface area (Å²) >= 11 is 2.17. The Hall–Kier alpha value is -2.36. The third-order valence-electron chi connectivity index (χ3n) is 3.46. The number of nitrogens with zero attached hydrogens (tertiary/aromatic N) is 1. The molecule has 0 fully saturated rings. The van der Waals surface area contributed by atoms with E-state index in [1.165, 1.54) is 19.2 Å². The molecule has 0 heterocycles. The fourth-order valence-electron chi connectivity index (χ4n) is 2.27. The van der Waals surface area contributed by atoms with Gasteiger partial charge in [-0.2, -0.15) is 0 Å². The minimum atomic E-state index is -0.613. The quantitative estimate of drug-likeness (QED) is 0.401. The third kappa shape index (κ3) is 4.38. The Bertz CT molecular complexity index is 823. The number of carbonyl (C=O) groups is 1. The van der Waals surface area contributed by atoms with Gasteiger partial charge >= 0.3 is 0 Å². The van der Waals surface area contributed by atoms with E-state index < -0.39 is 10.8 Å². The van der Waals surface area contributed by atoms with Crippen LogP contribution in [0.1, 0.15) is 22.8 Å². The van der Waals surface area contributed by atoms with E-state index in [1.54, 1.807) is 13.0 Å². The number of benzene rings is 2. The van der Waals surface area contributed by atoms with Crippen LogP contribution in [-0.2, 0) is 0 Å². The predicted octanol–water partition coefficient (Wildman–Crippen LogP) is 4.17. The molecule has 2 aromatic carbocycles. The van der Waals surface area contributed by atoms with Crippen LogP contribution in [0.15, 0.2) is 30.3 Å². The zero-order chi connectivity index (χ0) is 18.6. The van der Waals surface area contributed by atoms with Crippen LogP contribution in [0.5, 0.6) is 11.5 Å². The van der Waals surface area contributed by atoms with Crippen LogP contribution in [0.2, 0.25) is 0 Å². The predicted molar refractivity (Wildman–Crippen MR) is 103 cm³/mol. The maximum Gasteiger partial charge on any atom is 0.286 e. The first-order valence-electron chi connectivity index (χ1n) is 7.44. The summed E-state index contributed by atoms with van der Waals surface area (Å²) in [5.74, 6) is -0.104. The lowest BCUT2D eigenvalue weighted by Gasteiger charge is -2.13. The van der Waals surface area contributed by atoms with E-state index in [2.05, 4.69) is 27.9 Å². The average molecular weight is 456 g/mol. The highest BCUT2D eigenvalue weighted by atomic mass is 127. The molecule has 2 rings (SSSR count). The second kappa shape index (κ2) is 8.15. The highest BCUT2D eigenvalue weighted by Crippen LogP contribution is 2.35. The van der Waals surface area contributed by atoms with Crippen LogP contribution in [0, 0.1) is 20.6 Å². The largest absolute Gasteiger partial charge is 0.493 e. The molecular weight excluding hydrogens is 439 g/mol. The molecule has 0 saturated heterocycles. The highest BCUT2D eigenvalue weighted by Gasteiger charge is 2.25. The van der Waals surface area contributed by atoms with Gasteiger partial charge in [-0.3, -0.25) is 14.9 Å². The second-order valence-electron chi connectivity index (χ2n) is 5.12. The topological polar surface area (TPSA) is 90.7 Å². The summed E-state index contributed by atoms with van der Waals surface area (Å²) in [6.07, 6.45) is 0. The minimum absolute atomic E-state index is 0.0942. The van der Waals surface area contributed by atoms with Gasteiger partial charge in [0.2, 0.25) is 0 Å². The number of hydrogen-bond donors (Lipinski definition) is 1. The summed E-state index contributed by atoms with van der Waals surface area (Å²) in [7, 11) is 1.41. The molecule has 7 nitrogen and oxygen atoms in total. The Morgan fingerprint density at radius 1 is 1.28 bits per heavy atom. The summed E-state index contributed by atoms with van der Waals surface area (Å²) < 4.78 is 11.6. The number of aryl methyl sites for hydroxylation is 1. The van der Waals surface area contributed by atoms with E-state index >= 15 is 0 Å². The lowest BCUT2D eigenvalue weighted by Crippen LogP contribution is -2.15. The van der Waals surface area contributed by atoms with Crippen molar-refractivity contribution in [2.24, 2.45) is 0 Å². The number of carbonyl (C=O) groups excluding carboxylic acids is 1. The molecule has 2 aromatic rings. The standard InChI is InChI=1S/C17H17IN2O5/c1-4-25-16-9-14(20(22)23)12(8-15(16)24-3)17(21)19-13-6-5-11(18)7-10(13)2/h5-9H,4H2,1-3H3,(H,19,21). The summed E-state index contributed by atoms with van der Waals surface area (Å²) in [6, 6.07) is 8.03. The van der Waals surface area contributed by atoms with E-state index in [-0.39, 0.29) is 22.7 Å². The number of amides is 1. The Morgan fingerprint density at radius 3 is 2.56 bits per heavy atom. The number of nitro groups is 1. The van der Waals surface area contributed by atoms with Crippen molar-refractivity contribution in [2.75, 3.05) is 19.0 Å². The summed E-state index contributed by atoms with van der Waals surface area (Å²) in [6.45, 7) is 3.93. The minimum Gasteiger partial charge on any atom is -0.493 e. The fourth-order valence-corrected chi connectivity index (χ4v) is 2.91. The normalized spacial score (nSPS) is 10.2. The lowest BCUT2D eigenvalue weighted by atomic mass is 10.1. The van der Waals surface area contributed by atoms with Crippen LogP contribution < -0.4 is 14.8 Å². The molecule has 0 unspecified atom stereocenters. The van der Waals surface area contributed by atoms with E-state index in [0.29, 0.717) is 12.3 Å². The second-order valence-corrected chi connectivity index (χ2v) is 6.37. The SMILES string of the molecule is CCOc1cc([N+](=O)[O-])c(C(=O)Nc2ccc(I)cc2C)cc1OC. The molecule has 0 bridgehead atoms. The molecule has 1 N–H and O–H groups in total. The van der Waals surface area contributed by atoms with Crippen molar-refractivity contribution in [1.29, 1.82) is 0 Å². The molecule has 132 valence electrons. The van der Waals surface area contributed by atoms with Gasteiger partial charge in [-0.05, 0) is 60.2 Å². The Kier molecular flexibility index (Phi) is 6.18. The number of anilines is 1. The molecule has 25 heavy (non-hydrogen) atoms. The van der Waals surface area contributed by atoms with Crippen LogP contribution in [0.4, 0.5) is 11.4 Å². The average Bonchev–Trinajstić information content (AvgIpc) is 2.57. The van der Waals surface area contributed by atoms with E-state index in [0.717, 1.165) is 9.13 Å². The van der Waals surface area contributed by atoms with Gasteiger partial charge in [0.15, 0.2) is 11.5 Å². The Morgan fingerprint density at radius 2 is 2.00 bits per heavy atom. The Balaban J connectivity index is 2.45. The zero-order valence-electron chi connectivity index (χ0n) is 14.0. The first-order chi connectivity index (χ1) is 11.9. The molecule has 8 heteroatoms. The molecule has 0 aliphatic heterocycles. The number of hydrogen-bond acceptors (Lipinski definition) is 5. The van der Waals surface area contributed by atoms with Crippen LogP contribution in [0.3, 0.4) is 0 Å². The maximum atomic E-state index is 12.6. The summed E-state index contributed by atoms with van der Waals surface area (Å²) in [5, 5.41) is 14.1. The first-order valence-corrected chi connectivity index (χ1v) is 8.52. The van der Waals surface area contributed by atoms with Gasteiger partial charge in [-0.15, -0.1) is 0 Å². The molecule has 0 aliphatic carbocycles. The first kappa shape index (κ1) is 19.0. The van der Waals surface area contributed by atoms with Crippen molar-refractivity contribution in [3.63, 3.8) is 0 Å². The van der Waals surface area contributed by atoms with Gasteiger partial charge < -0.3 is 14.8 Å². The number of rotatable bonds is 6. The van der Waals surface area contributed by atoms with Crippen LogP contribution in [-0.4, -0.2) is 24.5 Å². The van der Waals surface area contributed by atoms with Crippen LogP contribution >= 0.6 is 22.6 Å². The smallest absolute Gasteiger partial charge is 0.286 e. The molecule has 0 aromatic heterocycles. The van der Waals surface area contributed by atoms with Gasteiger partial charge in [0.05, 0.1) is 24.7 Å². The third-order valence-corrected chi connectivity index (χ3v) is 4.13. The fraction of sp³-hybridized carbons (Fsp3) is 0.235. The van der Waals surface area contributed by atoms with E-state index in [1.807, 2.05) is 19.1 Å². The zero-order valence-corrected chi connectivity index (χ0v) is 16.1. The molecular formula is C17H17IN2O5.